The molecule has 1 rings (SSSR count). The van der Waals surface area contributed by atoms with Gasteiger partial charge >= 0.3 is 6.03 Å². The van der Waals surface area contributed by atoms with Crippen molar-refractivity contribution >= 4 is 23.3 Å². The van der Waals surface area contributed by atoms with Gasteiger partial charge in [-0.2, -0.15) is 0 Å². The predicted molar refractivity (Wildman–Crippen MR) is 71.4 cm³/mol. The van der Waals surface area contributed by atoms with Crippen molar-refractivity contribution in [1.82, 2.24) is 5.32 Å². The summed E-state index contributed by atoms with van der Waals surface area (Å²) in [5.74, 6) is -0.166. The number of hydrogen-bond acceptors (Lipinski definition) is 3. The summed E-state index contributed by atoms with van der Waals surface area (Å²) in [6.07, 6.45) is 0. The fourth-order valence-electron chi connectivity index (χ4n) is 1.22. The lowest BCUT2D eigenvalue weighted by atomic mass is 10.1. The minimum absolute atomic E-state index is 0.166. The highest BCUT2D eigenvalue weighted by molar-refractivity contribution is 5.98. The fourth-order valence-corrected chi connectivity index (χ4v) is 1.22. The van der Waals surface area contributed by atoms with Gasteiger partial charge in [0.1, 0.15) is 0 Å². The number of carbonyl (C=O) groups excluding carboxylic acids is 2. The van der Waals surface area contributed by atoms with E-state index >= 15 is 0 Å². The highest BCUT2D eigenvalue weighted by Crippen LogP contribution is 2.16. The first-order chi connectivity index (χ1) is 8.35. The molecule has 0 aliphatic rings. The van der Waals surface area contributed by atoms with E-state index in [1.54, 1.807) is 45.2 Å². The van der Waals surface area contributed by atoms with E-state index in [0.29, 0.717) is 11.4 Å². The molecule has 0 bridgehead atoms. The average Bonchev–Trinajstić information content (AvgIpc) is 2.28. The van der Waals surface area contributed by atoms with Gasteiger partial charge in [0.2, 0.25) is 5.91 Å². The van der Waals surface area contributed by atoms with Crippen molar-refractivity contribution in [2.45, 2.75) is 19.4 Å². The second-order valence-corrected chi connectivity index (χ2v) is 4.40. The van der Waals surface area contributed by atoms with E-state index in [1.165, 1.54) is 0 Å². The maximum atomic E-state index is 11.9. The van der Waals surface area contributed by atoms with Crippen LogP contribution in [0.15, 0.2) is 24.3 Å². The summed E-state index contributed by atoms with van der Waals surface area (Å²) in [5.41, 5.74) is 5.47. The van der Waals surface area contributed by atoms with Crippen LogP contribution in [-0.4, -0.2) is 24.5 Å². The molecule has 0 aromatic heterocycles. The third kappa shape index (κ3) is 3.74. The van der Waals surface area contributed by atoms with Gasteiger partial charge in [-0.1, -0.05) is 6.07 Å². The number of carbonyl (C=O) groups is 2. The van der Waals surface area contributed by atoms with Crippen molar-refractivity contribution in [2.24, 2.45) is 5.73 Å². The summed E-state index contributed by atoms with van der Waals surface area (Å²) >= 11 is 0. The molecule has 0 spiro atoms. The highest BCUT2D eigenvalue weighted by Gasteiger charge is 2.25. The van der Waals surface area contributed by atoms with Crippen LogP contribution < -0.4 is 21.7 Å². The van der Waals surface area contributed by atoms with Gasteiger partial charge in [-0.25, -0.2) is 4.79 Å². The molecule has 0 unspecified atom stereocenters. The van der Waals surface area contributed by atoms with E-state index < -0.39 is 11.6 Å². The Kier molecular flexibility index (Phi) is 4.28. The van der Waals surface area contributed by atoms with E-state index in [-0.39, 0.29) is 5.91 Å². The molecule has 6 heteroatoms. The molecule has 0 heterocycles. The van der Waals surface area contributed by atoms with E-state index in [2.05, 4.69) is 16.0 Å². The van der Waals surface area contributed by atoms with Crippen LogP contribution in [0.5, 0.6) is 0 Å². The Bertz CT molecular complexity index is 457. The largest absolute Gasteiger partial charge is 0.351 e. The van der Waals surface area contributed by atoms with Crippen molar-refractivity contribution in [3.05, 3.63) is 24.3 Å². The molecule has 0 fully saturated rings. The molecule has 5 N–H and O–H groups in total. The fraction of sp³-hybridized carbons (Fsp3) is 0.333. The first-order valence-corrected chi connectivity index (χ1v) is 5.52. The average molecular weight is 250 g/mol. The molecule has 0 radical (unpaired) electrons. The van der Waals surface area contributed by atoms with Crippen LogP contribution in [0.25, 0.3) is 0 Å². The molecule has 1 aromatic rings. The smallest absolute Gasteiger partial charge is 0.316 e. The molecule has 3 amide bonds. The number of urea groups is 1. The number of benzene rings is 1. The van der Waals surface area contributed by atoms with Gasteiger partial charge in [-0.05, 0) is 39.1 Å². The van der Waals surface area contributed by atoms with E-state index in [4.69, 9.17) is 5.73 Å². The summed E-state index contributed by atoms with van der Waals surface area (Å²) in [4.78, 5) is 22.6. The van der Waals surface area contributed by atoms with Crippen molar-refractivity contribution in [3.63, 3.8) is 0 Å². The number of anilines is 2. The maximum Gasteiger partial charge on any atom is 0.316 e. The lowest BCUT2D eigenvalue weighted by Crippen LogP contribution is -2.47. The molecule has 1 aromatic carbocycles. The quantitative estimate of drug-likeness (QED) is 0.644. The summed E-state index contributed by atoms with van der Waals surface area (Å²) in [7, 11) is 1.71. The third-order valence-electron chi connectivity index (χ3n) is 2.58. The molecule has 0 atom stereocenters. The number of primary amides is 1. The normalized spacial score (nSPS) is 10.8. The van der Waals surface area contributed by atoms with Gasteiger partial charge in [0.25, 0.3) is 0 Å². The second kappa shape index (κ2) is 5.50. The van der Waals surface area contributed by atoms with Crippen LogP contribution >= 0.6 is 0 Å². The monoisotopic (exact) mass is 250 g/mol. The zero-order valence-electron chi connectivity index (χ0n) is 10.7. The topological polar surface area (TPSA) is 96.2 Å². The number of nitrogens with two attached hydrogens (primary N) is 1. The molecule has 0 aliphatic carbocycles. The molecule has 0 saturated carbocycles. The summed E-state index contributed by atoms with van der Waals surface area (Å²) in [6, 6.07) is 6.12. The molecule has 0 aliphatic heterocycles. The SMILES string of the molecule is CNC(C)(C)C(=O)Nc1cccc(NC(N)=O)c1. The highest BCUT2D eigenvalue weighted by atomic mass is 16.2. The van der Waals surface area contributed by atoms with Crippen LogP contribution in [0, 0.1) is 0 Å². The van der Waals surface area contributed by atoms with E-state index in [9.17, 15) is 9.59 Å². The number of amides is 3. The summed E-state index contributed by atoms with van der Waals surface area (Å²) < 4.78 is 0. The predicted octanol–water partition coefficient (Wildman–Crippen LogP) is 1.11. The maximum absolute atomic E-state index is 11.9. The van der Waals surface area contributed by atoms with Gasteiger partial charge in [-0.15, -0.1) is 0 Å². The van der Waals surface area contributed by atoms with Gasteiger partial charge in [0.15, 0.2) is 0 Å². The number of nitrogens with one attached hydrogen (secondary N) is 3. The lowest BCUT2D eigenvalue weighted by Gasteiger charge is -2.22. The molecule has 98 valence electrons. The standard InChI is InChI=1S/C12H18N4O2/c1-12(2,14-3)10(17)15-8-5-4-6-9(7-8)16-11(13)18/h4-7,14H,1-3H3,(H,15,17)(H3,13,16,18). The van der Waals surface area contributed by atoms with Crippen LogP contribution in [0.1, 0.15) is 13.8 Å². The van der Waals surface area contributed by atoms with Gasteiger partial charge in [0.05, 0.1) is 5.54 Å². The van der Waals surface area contributed by atoms with Gasteiger partial charge in [-0.3, -0.25) is 4.79 Å². The zero-order chi connectivity index (χ0) is 13.8. The molecular formula is C12H18N4O2. The Morgan fingerprint density at radius 1 is 1.17 bits per heavy atom. The Morgan fingerprint density at radius 3 is 2.22 bits per heavy atom. The first-order valence-electron chi connectivity index (χ1n) is 5.52. The molecule has 6 nitrogen and oxygen atoms in total. The van der Waals surface area contributed by atoms with Crippen molar-refractivity contribution in [2.75, 3.05) is 17.7 Å². The first kappa shape index (κ1) is 14.0. The molecular weight excluding hydrogens is 232 g/mol. The summed E-state index contributed by atoms with van der Waals surface area (Å²) in [6.45, 7) is 3.54. The third-order valence-corrected chi connectivity index (χ3v) is 2.58. The lowest BCUT2D eigenvalue weighted by molar-refractivity contribution is -0.121. The number of rotatable bonds is 4. The van der Waals surface area contributed by atoms with Crippen molar-refractivity contribution < 1.29 is 9.59 Å². The van der Waals surface area contributed by atoms with Crippen molar-refractivity contribution in [1.29, 1.82) is 0 Å². The van der Waals surface area contributed by atoms with Crippen molar-refractivity contribution in [3.8, 4) is 0 Å². The Hall–Kier alpha value is -2.08. The summed E-state index contributed by atoms with van der Waals surface area (Å²) in [5, 5.41) is 8.10. The number of likely N-dealkylation sites (N-methyl/N-ethyl adjacent to an activating group) is 1. The van der Waals surface area contributed by atoms with E-state index in [1.807, 2.05) is 0 Å². The Morgan fingerprint density at radius 2 is 1.72 bits per heavy atom. The second-order valence-electron chi connectivity index (χ2n) is 4.40. The molecule has 18 heavy (non-hydrogen) atoms. The molecule has 0 saturated heterocycles. The Labute approximate surface area is 106 Å². The minimum atomic E-state index is -0.673. The van der Waals surface area contributed by atoms with Crippen LogP contribution in [0.3, 0.4) is 0 Å². The van der Waals surface area contributed by atoms with Crippen LogP contribution in [0.2, 0.25) is 0 Å². The Balaban J connectivity index is 2.79. The van der Waals surface area contributed by atoms with Crippen LogP contribution in [0.4, 0.5) is 16.2 Å². The van der Waals surface area contributed by atoms with Crippen LogP contribution in [-0.2, 0) is 4.79 Å². The van der Waals surface area contributed by atoms with Gasteiger partial charge in [0, 0.05) is 11.4 Å². The minimum Gasteiger partial charge on any atom is -0.351 e. The zero-order valence-corrected chi connectivity index (χ0v) is 10.7. The van der Waals surface area contributed by atoms with Gasteiger partial charge < -0.3 is 21.7 Å². The number of hydrogen-bond donors (Lipinski definition) is 4. The van der Waals surface area contributed by atoms with E-state index in [0.717, 1.165) is 0 Å².